The van der Waals surface area contributed by atoms with Gasteiger partial charge in [0.05, 0.1) is 6.04 Å². The summed E-state index contributed by atoms with van der Waals surface area (Å²) in [7, 11) is 2.06. The molecular weight excluding hydrogens is 365 g/mol. The van der Waals surface area contributed by atoms with E-state index < -0.39 is 0 Å². The fourth-order valence-corrected chi connectivity index (χ4v) is 4.38. The minimum atomic E-state index is -0.308. The van der Waals surface area contributed by atoms with Crippen LogP contribution in [0.4, 0.5) is 4.39 Å². The highest BCUT2D eigenvalue weighted by Crippen LogP contribution is 2.35. The summed E-state index contributed by atoms with van der Waals surface area (Å²) in [5.74, 6) is 0.219. The molecule has 1 aliphatic heterocycles. The lowest BCUT2D eigenvalue weighted by Gasteiger charge is -2.25. The SMILES string of the molecule is CC(C)CC1NC(C(=O)NCc2ccc(F)cc2)Cc2cn(C)c3cccc1c23. The second-order valence-electron chi connectivity index (χ2n) is 8.46. The van der Waals surface area contributed by atoms with Gasteiger partial charge in [-0.2, -0.15) is 0 Å². The van der Waals surface area contributed by atoms with E-state index >= 15 is 0 Å². The minimum Gasteiger partial charge on any atom is -0.351 e. The second kappa shape index (κ2) is 7.99. The van der Waals surface area contributed by atoms with E-state index in [0.717, 1.165) is 12.0 Å². The molecule has 0 spiro atoms. The number of aryl methyl sites for hydroxylation is 1. The number of amides is 1. The van der Waals surface area contributed by atoms with Gasteiger partial charge in [-0.25, -0.2) is 4.39 Å². The van der Waals surface area contributed by atoms with Crippen molar-refractivity contribution in [1.29, 1.82) is 0 Å². The van der Waals surface area contributed by atoms with Crippen LogP contribution in [-0.2, 0) is 24.8 Å². The van der Waals surface area contributed by atoms with Gasteiger partial charge in [0.2, 0.25) is 5.91 Å². The number of carbonyl (C=O) groups is 1. The number of hydrogen-bond acceptors (Lipinski definition) is 2. The standard InChI is InChI=1S/C24H28FN3O/c1-15(2)11-20-19-5-4-6-22-23(19)17(14-28(22)3)12-21(27-20)24(29)26-13-16-7-9-18(25)10-8-16/h4-10,14-15,20-21,27H,11-13H2,1-3H3,(H,26,29). The summed E-state index contributed by atoms with van der Waals surface area (Å²) >= 11 is 0. The molecule has 1 aliphatic rings. The first kappa shape index (κ1) is 19.6. The van der Waals surface area contributed by atoms with E-state index in [0.29, 0.717) is 18.9 Å². The number of carbonyl (C=O) groups excluding carboxylic acids is 1. The molecule has 5 heteroatoms. The van der Waals surface area contributed by atoms with Gasteiger partial charge in [0.1, 0.15) is 5.82 Å². The maximum Gasteiger partial charge on any atom is 0.237 e. The molecule has 29 heavy (non-hydrogen) atoms. The molecule has 4 rings (SSSR count). The van der Waals surface area contributed by atoms with Gasteiger partial charge in [0.25, 0.3) is 0 Å². The fourth-order valence-electron chi connectivity index (χ4n) is 4.38. The summed E-state index contributed by atoms with van der Waals surface area (Å²) < 4.78 is 15.3. The van der Waals surface area contributed by atoms with Crippen LogP contribution in [0.15, 0.2) is 48.7 Å². The van der Waals surface area contributed by atoms with E-state index in [1.807, 2.05) is 0 Å². The van der Waals surface area contributed by atoms with E-state index in [2.05, 4.69) is 60.5 Å². The summed E-state index contributed by atoms with van der Waals surface area (Å²) in [5, 5.41) is 7.93. The van der Waals surface area contributed by atoms with E-state index in [1.54, 1.807) is 12.1 Å². The van der Waals surface area contributed by atoms with Crippen molar-refractivity contribution in [3.63, 3.8) is 0 Å². The van der Waals surface area contributed by atoms with Crippen LogP contribution < -0.4 is 10.6 Å². The lowest BCUT2D eigenvalue weighted by atomic mass is 9.94. The number of benzene rings is 2. The van der Waals surface area contributed by atoms with Gasteiger partial charge in [-0.1, -0.05) is 38.1 Å². The van der Waals surface area contributed by atoms with Crippen LogP contribution in [-0.4, -0.2) is 16.5 Å². The molecule has 0 aliphatic carbocycles. The van der Waals surface area contributed by atoms with Crippen molar-refractivity contribution in [3.05, 3.63) is 71.2 Å². The molecule has 4 nitrogen and oxygen atoms in total. The molecule has 2 heterocycles. The number of nitrogens with zero attached hydrogens (tertiary/aromatic N) is 1. The molecule has 1 aromatic heterocycles. The Hall–Kier alpha value is -2.66. The Labute approximate surface area is 171 Å². The largest absolute Gasteiger partial charge is 0.351 e. The third-order valence-corrected chi connectivity index (χ3v) is 5.73. The van der Waals surface area contributed by atoms with Crippen LogP contribution in [0, 0.1) is 11.7 Å². The first-order chi connectivity index (χ1) is 13.9. The Bertz CT molecular complexity index is 1020. The Morgan fingerprint density at radius 3 is 2.72 bits per heavy atom. The lowest BCUT2D eigenvalue weighted by Crippen LogP contribution is -2.46. The van der Waals surface area contributed by atoms with Crippen molar-refractivity contribution in [3.8, 4) is 0 Å². The van der Waals surface area contributed by atoms with Crippen molar-refractivity contribution in [1.82, 2.24) is 15.2 Å². The smallest absolute Gasteiger partial charge is 0.237 e. The van der Waals surface area contributed by atoms with Crippen molar-refractivity contribution < 1.29 is 9.18 Å². The van der Waals surface area contributed by atoms with Gasteiger partial charge in [-0.15, -0.1) is 0 Å². The Morgan fingerprint density at radius 2 is 2.00 bits per heavy atom. The zero-order valence-corrected chi connectivity index (χ0v) is 17.2. The van der Waals surface area contributed by atoms with Crippen molar-refractivity contribution >= 4 is 16.8 Å². The first-order valence-electron chi connectivity index (χ1n) is 10.3. The van der Waals surface area contributed by atoms with Crippen LogP contribution in [0.3, 0.4) is 0 Å². The summed E-state index contributed by atoms with van der Waals surface area (Å²) in [6.07, 6.45) is 3.77. The van der Waals surface area contributed by atoms with Gasteiger partial charge in [0, 0.05) is 36.7 Å². The highest BCUT2D eigenvalue weighted by atomic mass is 19.1. The molecule has 0 saturated heterocycles. The molecule has 1 amide bonds. The number of hydrogen-bond donors (Lipinski definition) is 2. The molecule has 2 unspecified atom stereocenters. The van der Waals surface area contributed by atoms with Crippen LogP contribution in [0.25, 0.3) is 10.9 Å². The molecule has 3 aromatic rings. The summed E-state index contributed by atoms with van der Waals surface area (Å²) in [4.78, 5) is 13.0. The van der Waals surface area contributed by atoms with Gasteiger partial charge >= 0.3 is 0 Å². The van der Waals surface area contributed by atoms with E-state index in [1.165, 1.54) is 34.2 Å². The average Bonchev–Trinajstić information content (AvgIpc) is 2.92. The maximum absolute atomic E-state index is 13.1. The van der Waals surface area contributed by atoms with Crippen molar-refractivity contribution in [2.75, 3.05) is 0 Å². The predicted molar refractivity (Wildman–Crippen MR) is 114 cm³/mol. The molecule has 2 atom stereocenters. The molecule has 0 radical (unpaired) electrons. The van der Waals surface area contributed by atoms with Crippen LogP contribution in [0.2, 0.25) is 0 Å². The second-order valence-corrected chi connectivity index (χ2v) is 8.46. The molecule has 2 N–H and O–H groups in total. The summed E-state index contributed by atoms with van der Waals surface area (Å²) in [5.41, 5.74) is 4.58. The molecule has 0 saturated carbocycles. The minimum absolute atomic E-state index is 0.0205. The Balaban J connectivity index is 1.60. The summed E-state index contributed by atoms with van der Waals surface area (Å²) in [6, 6.07) is 12.5. The lowest BCUT2D eigenvalue weighted by molar-refractivity contribution is -0.123. The van der Waals surface area contributed by atoms with Gasteiger partial charge < -0.3 is 9.88 Å². The molecule has 0 bridgehead atoms. The van der Waals surface area contributed by atoms with Gasteiger partial charge in [-0.05, 0) is 53.6 Å². The topological polar surface area (TPSA) is 46.1 Å². The zero-order valence-electron chi connectivity index (χ0n) is 17.2. The highest BCUT2D eigenvalue weighted by Gasteiger charge is 2.30. The summed E-state index contributed by atoms with van der Waals surface area (Å²) in [6.45, 7) is 4.81. The van der Waals surface area contributed by atoms with Crippen molar-refractivity contribution in [2.24, 2.45) is 13.0 Å². The number of aromatic nitrogens is 1. The van der Waals surface area contributed by atoms with Crippen LogP contribution in [0.1, 0.15) is 43.0 Å². The number of rotatable bonds is 5. The fraction of sp³-hybridized carbons (Fsp3) is 0.375. The molecular formula is C24H28FN3O. The third kappa shape index (κ3) is 4.06. The number of nitrogens with one attached hydrogen (secondary N) is 2. The van der Waals surface area contributed by atoms with E-state index in [9.17, 15) is 9.18 Å². The average molecular weight is 394 g/mol. The van der Waals surface area contributed by atoms with Gasteiger partial charge in [-0.3, -0.25) is 10.1 Å². The molecule has 0 fully saturated rings. The van der Waals surface area contributed by atoms with Gasteiger partial charge in [0.15, 0.2) is 0 Å². The Kier molecular flexibility index (Phi) is 5.41. The zero-order chi connectivity index (χ0) is 20.5. The highest BCUT2D eigenvalue weighted by molar-refractivity contribution is 5.90. The Morgan fingerprint density at radius 1 is 1.24 bits per heavy atom. The predicted octanol–water partition coefficient (Wildman–Crippen LogP) is 4.24. The molecule has 2 aromatic carbocycles. The normalized spacial score (nSPS) is 18.8. The van der Waals surface area contributed by atoms with Crippen molar-refractivity contribution in [2.45, 2.75) is 45.3 Å². The molecule has 152 valence electrons. The monoisotopic (exact) mass is 393 g/mol. The number of halogens is 1. The van der Waals surface area contributed by atoms with E-state index in [4.69, 9.17) is 0 Å². The first-order valence-corrected chi connectivity index (χ1v) is 10.3. The quantitative estimate of drug-likeness (QED) is 0.681. The third-order valence-electron chi connectivity index (χ3n) is 5.73. The van der Waals surface area contributed by atoms with Crippen LogP contribution >= 0.6 is 0 Å². The maximum atomic E-state index is 13.1. The van der Waals surface area contributed by atoms with E-state index in [-0.39, 0.29) is 23.8 Å². The van der Waals surface area contributed by atoms with Crippen LogP contribution in [0.5, 0.6) is 0 Å².